The van der Waals surface area contributed by atoms with Crippen molar-refractivity contribution in [2.45, 2.75) is 46.1 Å². The van der Waals surface area contributed by atoms with Crippen LogP contribution >= 0.6 is 0 Å². The summed E-state index contributed by atoms with van der Waals surface area (Å²) in [5.41, 5.74) is 2.89. The molecule has 1 fully saturated rings. The van der Waals surface area contributed by atoms with Crippen molar-refractivity contribution in [3.8, 4) is 0 Å². The fourth-order valence-corrected chi connectivity index (χ4v) is 3.19. The largest absolute Gasteiger partial charge is 0.381 e. The predicted molar refractivity (Wildman–Crippen MR) is 84.9 cm³/mol. The molecule has 112 valence electrons. The van der Waals surface area contributed by atoms with Crippen LogP contribution in [-0.2, 0) is 11.2 Å². The average Bonchev–Trinajstić information content (AvgIpc) is 2.45. The van der Waals surface area contributed by atoms with Gasteiger partial charge in [0.05, 0.1) is 6.61 Å². The van der Waals surface area contributed by atoms with Crippen LogP contribution < -0.4 is 5.32 Å². The Bertz CT molecular complexity index is 396. The molecule has 20 heavy (non-hydrogen) atoms. The van der Waals surface area contributed by atoms with Crippen molar-refractivity contribution in [3.63, 3.8) is 0 Å². The van der Waals surface area contributed by atoms with Gasteiger partial charge in [0.2, 0.25) is 0 Å². The van der Waals surface area contributed by atoms with E-state index in [9.17, 15) is 0 Å². The van der Waals surface area contributed by atoms with E-state index >= 15 is 0 Å². The molecule has 2 heteroatoms. The molecule has 0 spiro atoms. The molecule has 0 aromatic heterocycles. The Balaban J connectivity index is 2.15. The Morgan fingerprint density at radius 3 is 2.85 bits per heavy atom. The molecule has 1 heterocycles. The maximum atomic E-state index is 5.69. The maximum Gasteiger partial charge on any atom is 0.0512 e. The van der Waals surface area contributed by atoms with Gasteiger partial charge in [-0.05, 0) is 42.9 Å². The van der Waals surface area contributed by atoms with Crippen LogP contribution in [0.2, 0.25) is 0 Å². The van der Waals surface area contributed by atoms with Crippen LogP contribution in [0.1, 0.15) is 50.8 Å². The summed E-state index contributed by atoms with van der Waals surface area (Å²) in [6.45, 7) is 9.59. The van der Waals surface area contributed by atoms with Gasteiger partial charge in [-0.1, -0.05) is 45.0 Å². The highest BCUT2D eigenvalue weighted by Crippen LogP contribution is 2.29. The molecule has 2 atom stereocenters. The molecule has 1 aliphatic heterocycles. The van der Waals surface area contributed by atoms with Crippen LogP contribution in [0, 0.1) is 11.8 Å². The summed E-state index contributed by atoms with van der Waals surface area (Å²) < 4.78 is 5.69. The molecule has 1 aromatic carbocycles. The summed E-state index contributed by atoms with van der Waals surface area (Å²) in [6.07, 6.45) is 3.62. The summed E-state index contributed by atoms with van der Waals surface area (Å²) in [5.74, 6) is 1.32. The first-order chi connectivity index (χ1) is 9.70. The van der Waals surface area contributed by atoms with E-state index in [-0.39, 0.29) is 0 Å². The molecule has 0 amide bonds. The van der Waals surface area contributed by atoms with Crippen molar-refractivity contribution < 1.29 is 4.74 Å². The smallest absolute Gasteiger partial charge is 0.0512 e. The van der Waals surface area contributed by atoms with Crippen molar-refractivity contribution in [2.75, 3.05) is 19.8 Å². The van der Waals surface area contributed by atoms with E-state index < -0.39 is 0 Å². The van der Waals surface area contributed by atoms with Gasteiger partial charge in [0, 0.05) is 18.6 Å². The minimum absolute atomic E-state index is 0.437. The predicted octanol–water partition coefficient (Wildman–Crippen LogP) is 3.96. The SMILES string of the molecule is CCNC(c1cccc(CC(C)C)c1)C1CCCOC1. The van der Waals surface area contributed by atoms with Crippen LogP contribution in [0.5, 0.6) is 0 Å². The van der Waals surface area contributed by atoms with Gasteiger partial charge in [-0.15, -0.1) is 0 Å². The van der Waals surface area contributed by atoms with Crippen LogP contribution in [-0.4, -0.2) is 19.8 Å². The Morgan fingerprint density at radius 1 is 1.35 bits per heavy atom. The Kier molecular flexibility index (Phi) is 6.06. The number of nitrogens with one attached hydrogen (secondary N) is 1. The van der Waals surface area contributed by atoms with Gasteiger partial charge in [-0.25, -0.2) is 0 Å². The topological polar surface area (TPSA) is 21.3 Å². The van der Waals surface area contributed by atoms with Crippen LogP contribution in [0.3, 0.4) is 0 Å². The molecule has 0 saturated carbocycles. The fourth-order valence-electron chi connectivity index (χ4n) is 3.19. The van der Waals surface area contributed by atoms with Crippen molar-refractivity contribution in [1.29, 1.82) is 0 Å². The van der Waals surface area contributed by atoms with Gasteiger partial charge >= 0.3 is 0 Å². The van der Waals surface area contributed by atoms with Gasteiger partial charge in [-0.3, -0.25) is 0 Å². The van der Waals surface area contributed by atoms with Crippen molar-refractivity contribution in [3.05, 3.63) is 35.4 Å². The number of hydrogen-bond acceptors (Lipinski definition) is 2. The third kappa shape index (κ3) is 4.32. The first kappa shape index (κ1) is 15.5. The van der Waals surface area contributed by atoms with Gasteiger partial charge < -0.3 is 10.1 Å². The fraction of sp³-hybridized carbons (Fsp3) is 0.667. The van der Waals surface area contributed by atoms with Gasteiger partial charge in [0.15, 0.2) is 0 Å². The lowest BCUT2D eigenvalue weighted by Gasteiger charge is -2.31. The second kappa shape index (κ2) is 7.80. The molecule has 1 aliphatic rings. The summed E-state index contributed by atoms with van der Waals surface area (Å²) in [4.78, 5) is 0. The Labute approximate surface area is 123 Å². The van der Waals surface area contributed by atoms with E-state index in [4.69, 9.17) is 4.74 Å². The molecular weight excluding hydrogens is 246 g/mol. The number of hydrogen-bond donors (Lipinski definition) is 1. The Morgan fingerprint density at radius 2 is 2.20 bits per heavy atom. The zero-order valence-electron chi connectivity index (χ0n) is 13.2. The molecule has 2 rings (SSSR count). The summed E-state index contributed by atoms with van der Waals surface area (Å²) >= 11 is 0. The van der Waals surface area contributed by atoms with Crippen LogP contribution in [0.4, 0.5) is 0 Å². The van der Waals surface area contributed by atoms with Gasteiger partial charge in [0.25, 0.3) is 0 Å². The zero-order valence-corrected chi connectivity index (χ0v) is 13.2. The van der Waals surface area contributed by atoms with Crippen LogP contribution in [0.25, 0.3) is 0 Å². The summed E-state index contributed by atoms with van der Waals surface area (Å²) in [5, 5.41) is 3.67. The van der Waals surface area contributed by atoms with E-state index in [0.29, 0.717) is 17.9 Å². The molecule has 0 bridgehead atoms. The van der Waals surface area contributed by atoms with E-state index in [2.05, 4.69) is 50.4 Å². The van der Waals surface area contributed by atoms with Crippen molar-refractivity contribution in [1.82, 2.24) is 5.32 Å². The molecule has 2 nitrogen and oxygen atoms in total. The average molecular weight is 275 g/mol. The first-order valence-electron chi connectivity index (χ1n) is 8.10. The molecule has 0 radical (unpaired) electrons. The number of benzene rings is 1. The highest BCUT2D eigenvalue weighted by atomic mass is 16.5. The monoisotopic (exact) mass is 275 g/mol. The van der Waals surface area contributed by atoms with Crippen LogP contribution in [0.15, 0.2) is 24.3 Å². The molecule has 2 unspecified atom stereocenters. The first-order valence-corrected chi connectivity index (χ1v) is 8.10. The minimum Gasteiger partial charge on any atom is -0.381 e. The minimum atomic E-state index is 0.437. The third-order valence-corrected chi connectivity index (χ3v) is 4.05. The van der Waals surface area contributed by atoms with Gasteiger partial charge in [0.1, 0.15) is 0 Å². The number of rotatable bonds is 6. The molecule has 1 saturated heterocycles. The lowest BCUT2D eigenvalue weighted by atomic mass is 9.87. The normalized spacial score (nSPS) is 21.1. The zero-order chi connectivity index (χ0) is 14.4. The van der Waals surface area contributed by atoms with E-state index in [1.807, 2.05) is 0 Å². The van der Waals surface area contributed by atoms with E-state index in [0.717, 1.165) is 26.2 Å². The lowest BCUT2D eigenvalue weighted by molar-refractivity contribution is 0.0392. The summed E-state index contributed by atoms with van der Waals surface area (Å²) in [7, 11) is 0. The van der Waals surface area contributed by atoms with E-state index in [1.54, 1.807) is 0 Å². The molecule has 0 aliphatic carbocycles. The standard InChI is InChI=1S/C18H29NO/c1-4-19-18(17-9-6-10-20-13-17)16-8-5-7-15(12-16)11-14(2)3/h5,7-8,12,14,17-19H,4,6,9-11,13H2,1-3H3. The molecule has 1 aromatic rings. The highest BCUT2D eigenvalue weighted by Gasteiger charge is 2.25. The molecule has 1 N–H and O–H groups in total. The highest BCUT2D eigenvalue weighted by molar-refractivity contribution is 5.27. The number of ether oxygens (including phenoxy) is 1. The summed E-state index contributed by atoms with van der Waals surface area (Å²) in [6, 6.07) is 9.56. The molecular formula is C18H29NO. The third-order valence-electron chi connectivity index (χ3n) is 4.05. The second-order valence-corrected chi connectivity index (χ2v) is 6.36. The quantitative estimate of drug-likeness (QED) is 0.848. The maximum absolute atomic E-state index is 5.69. The van der Waals surface area contributed by atoms with Crippen molar-refractivity contribution >= 4 is 0 Å². The van der Waals surface area contributed by atoms with E-state index in [1.165, 1.54) is 24.0 Å². The van der Waals surface area contributed by atoms with Gasteiger partial charge in [-0.2, -0.15) is 0 Å². The second-order valence-electron chi connectivity index (χ2n) is 6.36. The lowest BCUT2D eigenvalue weighted by Crippen LogP contribution is -2.33. The Hall–Kier alpha value is -0.860. The van der Waals surface area contributed by atoms with Crippen molar-refractivity contribution in [2.24, 2.45) is 11.8 Å².